The largest absolute Gasteiger partial charge is 0.395 e. The second-order valence-electron chi connectivity index (χ2n) is 5.30. The van der Waals surface area contributed by atoms with E-state index in [0.717, 1.165) is 45.8 Å². The van der Waals surface area contributed by atoms with E-state index < -0.39 is 13.1 Å². The Hall–Kier alpha value is 1.02. The van der Waals surface area contributed by atoms with Gasteiger partial charge in [-0.25, -0.2) is 14.0 Å². The first-order valence-corrected chi connectivity index (χ1v) is 12.7. The minimum Gasteiger partial charge on any atom is -0.395 e. The molecule has 3 aliphatic heterocycles. The fourth-order valence-corrected chi connectivity index (χ4v) is 8.53. The van der Waals surface area contributed by atoms with Crippen LogP contribution in [0.4, 0.5) is 0 Å². The van der Waals surface area contributed by atoms with Crippen LogP contribution in [-0.2, 0) is 28.1 Å². The highest BCUT2D eigenvalue weighted by molar-refractivity contribution is 8.11. The van der Waals surface area contributed by atoms with Gasteiger partial charge in [-0.15, -0.1) is 0 Å². The molecule has 3 saturated heterocycles. The summed E-state index contributed by atoms with van der Waals surface area (Å²) < 4.78 is 12.8. The van der Waals surface area contributed by atoms with Gasteiger partial charge in [0.05, 0.1) is 13.2 Å². The standard InChI is InChI=1S/C10H23N5O2P2S2/c16-9-1-12-19(21,15-7-8-15)17-10-2-11-18(20,13-3-4-13)14-5-6-14/h16H,1-10H2,(H,11,20)(H,12,21). The van der Waals surface area contributed by atoms with Crippen molar-refractivity contribution in [3.05, 3.63) is 0 Å². The number of aliphatic hydroxyl groups excluding tert-OH is 1. The zero-order valence-corrected chi connectivity index (χ0v) is 15.4. The molecule has 21 heavy (non-hydrogen) atoms. The first-order valence-electron chi connectivity index (χ1n) is 7.30. The van der Waals surface area contributed by atoms with Gasteiger partial charge in [0.2, 0.25) is 6.57 Å². The molecule has 0 aromatic rings. The Bertz CT molecular complexity index is 454. The van der Waals surface area contributed by atoms with E-state index in [-0.39, 0.29) is 6.61 Å². The van der Waals surface area contributed by atoms with Crippen LogP contribution in [0.1, 0.15) is 0 Å². The summed E-state index contributed by atoms with van der Waals surface area (Å²) in [6.45, 7) is 4.50. The molecule has 3 heterocycles. The van der Waals surface area contributed by atoms with Gasteiger partial charge in [0.25, 0.3) is 0 Å². The summed E-state index contributed by atoms with van der Waals surface area (Å²) in [5.74, 6) is 0. The third-order valence-corrected chi connectivity index (χ3v) is 12.0. The van der Waals surface area contributed by atoms with Gasteiger partial charge in [0, 0.05) is 52.4 Å². The summed E-state index contributed by atoms with van der Waals surface area (Å²) in [5, 5.41) is 15.7. The molecule has 3 rings (SSSR count). The Morgan fingerprint density at radius 2 is 1.48 bits per heavy atom. The molecule has 7 nitrogen and oxygen atoms in total. The summed E-state index contributed by atoms with van der Waals surface area (Å²) in [4.78, 5) is 0. The molecule has 1 atom stereocenters. The quantitative estimate of drug-likeness (QED) is 0.255. The summed E-state index contributed by atoms with van der Waals surface area (Å²) in [6, 6.07) is 0. The number of nitrogens with zero attached hydrogens (tertiary/aromatic N) is 3. The van der Waals surface area contributed by atoms with Crippen LogP contribution in [0.3, 0.4) is 0 Å². The maximum atomic E-state index is 8.95. The zero-order valence-electron chi connectivity index (χ0n) is 12.0. The zero-order chi connectivity index (χ0) is 14.9. The van der Waals surface area contributed by atoms with E-state index in [1.165, 1.54) is 0 Å². The maximum Gasteiger partial charge on any atom is 0.200 e. The lowest BCUT2D eigenvalue weighted by Crippen LogP contribution is -2.26. The van der Waals surface area contributed by atoms with Crippen molar-refractivity contribution in [3.8, 4) is 0 Å². The van der Waals surface area contributed by atoms with Crippen LogP contribution in [-0.4, -0.2) is 84.7 Å². The molecule has 0 saturated carbocycles. The van der Waals surface area contributed by atoms with Gasteiger partial charge in [-0.3, -0.25) is 10.2 Å². The topological polar surface area (TPSA) is 62.5 Å². The van der Waals surface area contributed by atoms with Crippen LogP contribution in [0.5, 0.6) is 0 Å². The van der Waals surface area contributed by atoms with Gasteiger partial charge in [0.1, 0.15) is 6.49 Å². The van der Waals surface area contributed by atoms with Crippen LogP contribution in [0.15, 0.2) is 0 Å². The van der Waals surface area contributed by atoms with E-state index in [4.69, 9.17) is 33.2 Å². The smallest absolute Gasteiger partial charge is 0.200 e. The molecule has 3 aliphatic rings. The van der Waals surface area contributed by atoms with E-state index in [1.807, 2.05) is 0 Å². The molecular weight excluding hydrogens is 348 g/mol. The second-order valence-corrected chi connectivity index (χ2v) is 13.0. The molecule has 0 aromatic carbocycles. The highest BCUT2D eigenvalue weighted by atomic mass is 32.5. The molecule has 3 fully saturated rings. The van der Waals surface area contributed by atoms with Crippen molar-refractivity contribution in [2.75, 3.05) is 65.6 Å². The number of nitrogens with one attached hydrogen (secondary N) is 2. The molecular formula is C10H23N5O2P2S2. The Morgan fingerprint density at radius 3 is 1.95 bits per heavy atom. The molecule has 0 aromatic heterocycles. The highest BCUT2D eigenvalue weighted by Gasteiger charge is 2.43. The first kappa shape index (κ1) is 16.9. The van der Waals surface area contributed by atoms with E-state index in [2.05, 4.69) is 24.2 Å². The van der Waals surface area contributed by atoms with E-state index >= 15 is 0 Å². The lowest BCUT2D eigenvalue weighted by atomic mass is 10.8. The van der Waals surface area contributed by atoms with Crippen LogP contribution >= 0.6 is 13.1 Å². The van der Waals surface area contributed by atoms with Gasteiger partial charge >= 0.3 is 0 Å². The first-order chi connectivity index (χ1) is 10.1. The fraction of sp³-hybridized carbons (Fsp3) is 1.00. The molecule has 1 unspecified atom stereocenters. The normalized spacial score (nSPS) is 25.8. The van der Waals surface area contributed by atoms with Crippen LogP contribution in [0, 0.1) is 0 Å². The van der Waals surface area contributed by atoms with Crippen molar-refractivity contribution in [1.82, 2.24) is 24.2 Å². The number of rotatable bonds is 11. The molecule has 3 N–H and O–H groups in total. The molecule has 0 aliphatic carbocycles. The molecule has 0 bridgehead atoms. The summed E-state index contributed by atoms with van der Waals surface area (Å²) in [7, 11) is 0. The van der Waals surface area contributed by atoms with Crippen molar-refractivity contribution in [1.29, 1.82) is 0 Å². The number of aliphatic hydroxyl groups is 1. The monoisotopic (exact) mass is 371 g/mol. The van der Waals surface area contributed by atoms with Crippen molar-refractivity contribution >= 4 is 36.7 Å². The minimum atomic E-state index is -2.13. The molecule has 122 valence electrons. The summed E-state index contributed by atoms with van der Waals surface area (Å²) in [6.07, 6.45) is 0. The molecule has 0 spiro atoms. The average Bonchev–Trinajstić information content (AvgIpc) is 3.34. The van der Waals surface area contributed by atoms with Crippen molar-refractivity contribution < 1.29 is 9.63 Å². The van der Waals surface area contributed by atoms with Crippen LogP contribution in [0.2, 0.25) is 0 Å². The number of hydrogen-bond acceptors (Lipinski definition) is 4. The average molecular weight is 371 g/mol. The third kappa shape index (κ3) is 4.31. The number of hydrogen-bond donors (Lipinski definition) is 3. The molecule has 11 heteroatoms. The Balaban J connectivity index is 1.44. The SMILES string of the molecule is OCCNP(=S)(OCCNP(=S)(N1CC1)N1CC1)N1CC1. The Labute approximate surface area is 136 Å². The Morgan fingerprint density at radius 1 is 0.905 bits per heavy atom. The highest BCUT2D eigenvalue weighted by Crippen LogP contribution is 2.57. The fourth-order valence-electron chi connectivity index (χ4n) is 2.10. The summed E-state index contributed by atoms with van der Waals surface area (Å²) in [5.41, 5.74) is 0. The summed E-state index contributed by atoms with van der Waals surface area (Å²) >= 11 is 11.5. The van der Waals surface area contributed by atoms with Crippen molar-refractivity contribution in [2.45, 2.75) is 0 Å². The second kappa shape index (κ2) is 6.87. The Kier molecular flexibility index (Phi) is 5.52. The van der Waals surface area contributed by atoms with Crippen molar-refractivity contribution in [3.63, 3.8) is 0 Å². The van der Waals surface area contributed by atoms with E-state index in [9.17, 15) is 0 Å². The lowest BCUT2D eigenvalue weighted by Gasteiger charge is -2.27. The maximum absolute atomic E-state index is 8.95. The molecule has 0 radical (unpaired) electrons. The van der Waals surface area contributed by atoms with Crippen molar-refractivity contribution in [2.24, 2.45) is 0 Å². The minimum absolute atomic E-state index is 0.0819. The van der Waals surface area contributed by atoms with E-state index in [0.29, 0.717) is 13.2 Å². The third-order valence-electron chi connectivity index (χ3n) is 3.52. The predicted octanol–water partition coefficient (Wildman–Crippen LogP) is -0.430. The van der Waals surface area contributed by atoms with E-state index in [1.54, 1.807) is 0 Å². The van der Waals surface area contributed by atoms with Gasteiger partial charge in [-0.1, -0.05) is 0 Å². The van der Waals surface area contributed by atoms with Crippen LogP contribution < -0.4 is 10.2 Å². The lowest BCUT2D eigenvalue weighted by molar-refractivity contribution is 0.292. The predicted molar refractivity (Wildman–Crippen MR) is 92.3 cm³/mol. The van der Waals surface area contributed by atoms with Crippen LogP contribution in [0.25, 0.3) is 0 Å². The van der Waals surface area contributed by atoms with Gasteiger partial charge in [-0.05, 0) is 23.6 Å². The van der Waals surface area contributed by atoms with Gasteiger partial charge in [-0.2, -0.15) is 0 Å². The van der Waals surface area contributed by atoms with Gasteiger partial charge in [0.15, 0.2) is 0 Å². The molecule has 0 amide bonds. The van der Waals surface area contributed by atoms with Gasteiger partial charge < -0.3 is 9.63 Å².